The molecular weight excluding hydrogens is 588 g/mol. The van der Waals surface area contributed by atoms with Crippen LogP contribution in [0.4, 0.5) is 0 Å². The number of nitrogens with zero attached hydrogens (tertiary/aromatic N) is 1. The van der Waals surface area contributed by atoms with Gasteiger partial charge >= 0.3 is 11.9 Å². The number of aromatic carboxylic acids is 1. The van der Waals surface area contributed by atoms with Gasteiger partial charge in [0.1, 0.15) is 0 Å². The summed E-state index contributed by atoms with van der Waals surface area (Å²) in [4.78, 5) is 38.7. The van der Waals surface area contributed by atoms with E-state index in [1.807, 2.05) is 19.1 Å². The van der Waals surface area contributed by atoms with Gasteiger partial charge in [-0.3, -0.25) is 9.59 Å². The lowest BCUT2D eigenvalue weighted by molar-refractivity contribution is -0.181. The molecule has 0 spiro atoms. The van der Waals surface area contributed by atoms with Crippen LogP contribution in [0.15, 0.2) is 30.3 Å². The minimum atomic E-state index is -0.880. The highest BCUT2D eigenvalue weighted by atomic mass is 16.4. The number of allylic oxidation sites excluding steroid dienone is 2. The fourth-order valence-electron chi connectivity index (χ4n) is 12.7. The van der Waals surface area contributed by atoms with Crippen LogP contribution in [0.2, 0.25) is 0 Å². The van der Waals surface area contributed by atoms with E-state index in [1.54, 1.807) is 12.1 Å². The van der Waals surface area contributed by atoms with Gasteiger partial charge in [-0.15, -0.1) is 0 Å². The van der Waals surface area contributed by atoms with Crippen molar-refractivity contribution < 1.29 is 24.6 Å². The number of benzene rings is 1. The quantitative estimate of drug-likeness (QED) is 0.240. The van der Waals surface area contributed by atoms with Gasteiger partial charge in [-0.25, -0.2) is 4.79 Å². The van der Waals surface area contributed by atoms with E-state index in [1.165, 1.54) is 37.7 Å². The molecule has 0 saturated heterocycles. The van der Waals surface area contributed by atoms with Gasteiger partial charge < -0.3 is 20.4 Å². The van der Waals surface area contributed by atoms with Gasteiger partial charge in [0, 0.05) is 19.6 Å². The molecule has 1 aromatic carbocycles. The zero-order chi connectivity index (χ0) is 33.8. The summed E-state index contributed by atoms with van der Waals surface area (Å²) in [5.41, 5.74) is 3.15. The Kier molecular flexibility index (Phi) is 9.21. The number of carboxylic acids is 2. The van der Waals surface area contributed by atoms with Crippen LogP contribution in [0.5, 0.6) is 0 Å². The third kappa shape index (κ3) is 5.66. The van der Waals surface area contributed by atoms with Gasteiger partial charge in [0.25, 0.3) is 0 Å². The molecule has 47 heavy (non-hydrogen) atoms. The first kappa shape index (κ1) is 34.2. The number of carbonyl (C=O) groups excluding carboxylic acids is 1. The van der Waals surface area contributed by atoms with Gasteiger partial charge in [-0.2, -0.15) is 0 Å². The average Bonchev–Trinajstić information content (AvgIpc) is 3.48. The third-order valence-corrected chi connectivity index (χ3v) is 14.8. The Hall–Kier alpha value is -2.67. The molecular formula is C40H58N2O5. The second-order valence-corrected chi connectivity index (χ2v) is 17.0. The van der Waals surface area contributed by atoms with Crippen LogP contribution in [-0.4, -0.2) is 59.1 Å². The van der Waals surface area contributed by atoms with Crippen LogP contribution < -0.4 is 5.32 Å². The smallest absolute Gasteiger partial charge is 0.335 e. The van der Waals surface area contributed by atoms with Crippen molar-refractivity contribution in [3.8, 4) is 0 Å². The van der Waals surface area contributed by atoms with E-state index in [-0.39, 0.29) is 34.0 Å². The minimum Gasteiger partial charge on any atom is -0.481 e. The summed E-state index contributed by atoms with van der Waals surface area (Å²) in [5, 5.41) is 21.9. The van der Waals surface area contributed by atoms with E-state index >= 15 is 0 Å². The van der Waals surface area contributed by atoms with Gasteiger partial charge in [0.15, 0.2) is 0 Å². The SMILES string of the molecule is CCN(CCNC(=O)C12CCCC1C1CCC3C(C)(CCC4C(C)(C)C(c5ccc(C(=O)O)cc5)=CCC43C)C1CC2)CCC(=O)O. The maximum absolute atomic E-state index is 14.0. The molecule has 8 atom stereocenters. The highest BCUT2D eigenvalue weighted by molar-refractivity contribution is 5.88. The Morgan fingerprint density at radius 1 is 0.851 bits per heavy atom. The number of likely N-dealkylation sites (N-methyl/N-ethyl adjacent to an activating group) is 1. The van der Waals surface area contributed by atoms with E-state index in [4.69, 9.17) is 5.11 Å². The molecule has 4 fully saturated rings. The second kappa shape index (κ2) is 12.7. The van der Waals surface area contributed by atoms with Crippen molar-refractivity contribution in [1.29, 1.82) is 0 Å². The number of hydrogen-bond acceptors (Lipinski definition) is 4. The van der Waals surface area contributed by atoms with Crippen molar-refractivity contribution >= 4 is 23.4 Å². The molecule has 5 aliphatic carbocycles. The molecule has 7 nitrogen and oxygen atoms in total. The summed E-state index contributed by atoms with van der Waals surface area (Å²) in [5.74, 6) is 1.61. The summed E-state index contributed by atoms with van der Waals surface area (Å²) >= 11 is 0. The number of aliphatic carboxylic acids is 1. The highest BCUT2D eigenvalue weighted by Crippen LogP contribution is 2.73. The maximum Gasteiger partial charge on any atom is 0.335 e. The topological polar surface area (TPSA) is 107 Å². The number of nitrogens with one attached hydrogen (secondary N) is 1. The summed E-state index contributed by atoms with van der Waals surface area (Å²) < 4.78 is 0. The number of fused-ring (bicyclic) bond motifs is 7. The predicted molar refractivity (Wildman–Crippen MR) is 185 cm³/mol. The van der Waals surface area contributed by atoms with Crippen molar-refractivity contribution in [3.05, 3.63) is 41.5 Å². The van der Waals surface area contributed by atoms with Gasteiger partial charge in [-0.1, -0.05) is 59.2 Å². The predicted octanol–water partition coefficient (Wildman–Crippen LogP) is 7.76. The average molecular weight is 647 g/mol. The molecule has 1 aromatic rings. The normalized spacial score (nSPS) is 37.1. The first-order valence-corrected chi connectivity index (χ1v) is 18.5. The van der Waals surface area contributed by atoms with E-state index in [0.717, 1.165) is 44.2 Å². The summed E-state index contributed by atoms with van der Waals surface area (Å²) in [6.45, 7) is 14.7. The maximum atomic E-state index is 14.0. The monoisotopic (exact) mass is 646 g/mol. The van der Waals surface area contributed by atoms with Crippen LogP contribution in [0.25, 0.3) is 5.57 Å². The van der Waals surface area contributed by atoms with Gasteiger partial charge in [0.2, 0.25) is 5.91 Å². The Morgan fingerprint density at radius 2 is 1.60 bits per heavy atom. The lowest BCUT2D eigenvalue weighted by Crippen LogP contribution is -2.62. The molecule has 3 N–H and O–H groups in total. The second-order valence-electron chi connectivity index (χ2n) is 17.0. The van der Waals surface area contributed by atoms with Crippen LogP contribution in [0.3, 0.4) is 0 Å². The van der Waals surface area contributed by atoms with Crippen LogP contribution >= 0.6 is 0 Å². The molecule has 0 radical (unpaired) electrons. The largest absolute Gasteiger partial charge is 0.481 e. The molecule has 0 bridgehead atoms. The third-order valence-electron chi connectivity index (χ3n) is 14.8. The fraction of sp³-hybridized carbons (Fsp3) is 0.725. The number of amides is 1. The molecule has 8 unspecified atom stereocenters. The highest BCUT2D eigenvalue weighted by Gasteiger charge is 2.66. The van der Waals surface area contributed by atoms with E-state index in [2.05, 4.69) is 44.0 Å². The molecule has 4 saturated carbocycles. The Labute approximate surface area is 282 Å². The van der Waals surface area contributed by atoms with Gasteiger partial charge in [-0.05, 0) is 133 Å². The molecule has 5 aliphatic rings. The summed E-state index contributed by atoms with van der Waals surface area (Å²) in [6, 6.07) is 7.50. The van der Waals surface area contributed by atoms with Gasteiger partial charge in [0.05, 0.1) is 17.4 Å². The Bertz CT molecular complexity index is 1400. The lowest BCUT2D eigenvalue weighted by Gasteiger charge is -2.68. The molecule has 7 heteroatoms. The first-order chi connectivity index (χ1) is 22.3. The van der Waals surface area contributed by atoms with Crippen LogP contribution in [0.1, 0.15) is 121 Å². The molecule has 0 heterocycles. The van der Waals surface area contributed by atoms with E-state index in [9.17, 15) is 19.5 Å². The first-order valence-electron chi connectivity index (χ1n) is 18.5. The Morgan fingerprint density at radius 3 is 2.28 bits per heavy atom. The van der Waals surface area contributed by atoms with Crippen molar-refractivity contribution in [3.63, 3.8) is 0 Å². The summed E-state index contributed by atoms with van der Waals surface area (Å²) in [6.07, 6.45) is 14.2. The number of carbonyl (C=O) groups is 3. The molecule has 6 rings (SSSR count). The number of rotatable bonds is 10. The van der Waals surface area contributed by atoms with E-state index < -0.39 is 11.9 Å². The zero-order valence-electron chi connectivity index (χ0n) is 29.4. The van der Waals surface area contributed by atoms with Crippen LogP contribution in [0, 0.1) is 51.2 Å². The Balaban J connectivity index is 1.18. The van der Waals surface area contributed by atoms with Crippen molar-refractivity contribution in [2.75, 3.05) is 26.2 Å². The number of hydrogen-bond donors (Lipinski definition) is 3. The van der Waals surface area contributed by atoms with Crippen molar-refractivity contribution in [2.45, 2.75) is 105 Å². The molecule has 258 valence electrons. The standard InChI is InChI=1S/C40H58N2O5/c1-6-42(24-18-34(43)44)25-23-41-36(47)40-19-7-8-31(40)28-13-14-33-38(4,30(28)16-22-40)21-17-32-37(2,3)29(15-20-39(32,33)5)26-9-11-27(12-10-26)35(45)46/h9-12,15,28,30-33H,6-8,13-14,16-25H2,1-5H3,(H,41,47)(H,43,44)(H,45,46). The van der Waals surface area contributed by atoms with Crippen molar-refractivity contribution in [2.24, 2.45) is 51.2 Å². The molecule has 0 aliphatic heterocycles. The zero-order valence-corrected chi connectivity index (χ0v) is 29.4. The number of carboxylic acid groups (broad SMARTS) is 2. The molecule has 1 amide bonds. The van der Waals surface area contributed by atoms with Crippen LogP contribution in [-0.2, 0) is 9.59 Å². The lowest BCUT2D eigenvalue weighted by atomic mass is 9.36. The minimum absolute atomic E-state index is 0.00214. The summed E-state index contributed by atoms with van der Waals surface area (Å²) in [7, 11) is 0. The fourth-order valence-corrected chi connectivity index (χ4v) is 12.7. The molecule has 0 aromatic heterocycles. The van der Waals surface area contributed by atoms with Crippen molar-refractivity contribution in [1.82, 2.24) is 10.2 Å². The van der Waals surface area contributed by atoms with E-state index in [0.29, 0.717) is 54.8 Å².